The molecule has 0 atom stereocenters. The highest BCUT2D eigenvalue weighted by molar-refractivity contribution is 5.57. The molecule has 0 N–H and O–H groups in total. The van der Waals surface area contributed by atoms with Crippen molar-refractivity contribution >= 4 is 17.2 Å². The van der Waals surface area contributed by atoms with Gasteiger partial charge < -0.3 is 10.1 Å². The van der Waals surface area contributed by atoms with Gasteiger partial charge in [-0.1, -0.05) is 0 Å². The van der Waals surface area contributed by atoms with Gasteiger partial charge in [-0.05, 0) is 15.8 Å². The first-order chi connectivity index (χ1) is 9.40. The normalized spacial score (nSPS) is 10.2. The van der Waals surface area contributed by atoms with Crippen molar-refractivity contribution < 1.29 is 14.8 Å². The van der Waals surface area contributed by atoms with Gasteiger partial charge >= 0.3 is 11.5 Å². The van der Waals surface area contributed by atoms with Crippen LogP contribution in [-0.4, -0.2) is 29.8 Å². The molecular formula is C8H4N6O6. The molecule has 102 valence electrons. The van der Waals surface area contributed by atoms with E-state index in [1.807, 2.05) is 0 Å². The molecule has 0 radical (unpaired) electrons. The first kappa shape index (κ1) is 13.0. The van der Waals surface area contributed by atoms with Crippen LogP contribution in [0.5, 0.6) is 0 Å². The van der Waals surface area contributed by atoms with Gasteiger partial charge in [0.1, 0.15) is 0 Å². The second-order valence-electron chi connectivity index (χ2n) is 3.44. The lowest BCUT2D eigenvalue weighted by Crippen LogP contribution is -2.04. The SMILES string of the molecule is O=[N+]([O-])c1ccc(-n2ncc([N+](=O)[O-])n2)c([N+](=O)[O-])c1. The van der Waals surface area contributed by atoms with E-state index in [0.717, 1.165) is 24.4 Å². The summed E-state index contributed by atoms with van der Waals surface area (Å²) >= 11 is 0. The Morgan fingerprint density at radius 1 is 1.00 bits per heavy atom. The van der Waals surface area contributed by atoms with Crippen LogP contribution in [0.15, 0.2) is 24.4 Å². The van der Waals surface area contributed by atoms with Crippen molar-refractivity contribution in [3.05, 3.63) is 54.7 Å². The molecule has 12 nitrogen and oxygen atoms in total. The largest absolute Gasteiger partial charge is 0.410 e. The Labute approximate surface area is 108 Å². The van der Waals surface area contributed by atoms with Gasteiger partial charge in [0.25, 0.3) is 5.69 Å². The van der Waals surface area contributed by atoms with Crippen LogP contribution in [0.2, 0.25) is 0 Å². The van der Waals surface area contributed by atoms with Crippen molar-refractivity contribution in [2.75, 3.05) is 0 Å². The van der Waals surface area contributed by atoms with Crippen molar-refractivity contribution in [1.82, 2.24) is 15.0 Å². The number of non-ortho nitro benzene ring substituents is 1. The molecule has 2 rings (SSSR count). The first-order valence-corrected chi connectivity index (χ1v) is 4.90. The molecule has 1 heterocycles. The molecule has 0 saturated heterocycles. The van der Waals surface area contributed by atoms with Gasteiger partial charge in [0.05, 0.1) is 21.0 Å². The average molecular weight is 280 g/mol. The lowest BCUT2D eigenvalue weighted by Gasteiger charge is -1.98. The molecular weight excluding hydrogens is 276 g/mol. The molecule has 1 aromatic carbocycles. The number of nitrogens with zero attached hydrogens (tertiary/aromatic N) is 6. The summed E-state index contributed by atoms with van der Waals surface area (Å²) in [4.78, 5) is 30.1. The van der Waals surface area contributed by atoms with Gasteiger partial charge in [0.15, 0.2) is 11.9 Å². The van der Waals surface area contributed by atoms with E-state index in [1.165, 1.54) is 0 Å². The lowest BCUT2D eigenvalue weighted by atomic mass is 10.2. The molecule has 0 fully saturated rings. The Hall–Kier alpha value is -3.44. The van der Waals surface area contributed by atoms with Crippen molar-refractivity contribution in [2.45, 2.75) is 0 Å². The maximum atomic E-state index is 10.9. The van der Waals surface area contributed by atoms with Crippen LogP contribution in [0.3, 0.4) is 0 Å². The minimum Gasteiger partial charge on any atom is -0.358 e. The number of hydrogen-bond donors (Lipinski definition) is 0. The summed E-state index contributed by atoms with van der Waals surface area (Å²) < 4.78 is 0. The zero-order valence-electron chi connectivity index (χ0n) is 9.44. The molecule has 0 aliphatic rings. The van der Waals surface area contributed by atoms with Crippen molar-refractivity contribution in [2.24, 2.45) is 0 Å². The van der Waals surface area contributed by atoms with Gasteiger partial charge in [-0.25, -0.2) is 0 Å². The predicted octanol–water partition coefficient (Wildman–Crippen LogP) is 0.992. The summed E-state index contributed by atoms with van der Waals surface area (Å²) in [6, 6.07) is 2.78. The highest BCUT2D eigenvalue weighted by Gasteiger charge is 2.25. The van der Waals surface area contributed by atoms with Crippen LogP contribution in [0.1, 0.15) is 0 Å². The number of rotatable bonds is 4. The van der Waals surface area contributed by atoms with Gasteiger partial charge in [-0.2, -0.15) is 0 Å². The van der Waals surface area contributed by atoms with Crippen molar-refractivity contribution in [3.63, 3.8) is 0 Å². The monoisotopic (exact) mass is 280 g/mol. The minimum atomic E-state index is -0.864. The highest BCUT2D eigenvalue weighted by Crippen LogP contribution is 2.27. The maximum Gasteiger partial charge on any atom is 0.410 e. The fraction of sp³-hybridized carbons (Fsp3) is 0. The second kappa shape index (κ2) is 4.68. The molecule has 0 amide bonds. The highest BCUT2D eigenvalue weighted by atomic mass is 16.6. The smallest absolute Gasteiger partial charge is 0.358 e. The number of benzene rings is 1. The summed E-state index contributed by atoms with van der Waals surface area (Å²) in [6.07, 6.45) is 0.811. The van der Waals surface area contributed by atoms with E-state index in [-0.39, 0.29) is 5.69 Å². The fourth-order valence-corrected chi connectivity index (χ4v) is 1.40. The van der Waals surface area contributed by atoms with Crippen molar-refractivity contribution in [1.29, 1.82) is 0 Å². The van der Waals surface area contributed by atoms with E-state index in [2.05, 4.69) is 10.2 Å². The Kier molecular flexibility index (Phi) is 3.04. The molecule has 0 bridgehead atoms. The zero-order valence-corrected chi connectivity index (χ0v) is 9.44. The van der Waals surface area contributed by atoms with E-state index in [1.54, 1.807) is 0 Å². The molecule has 2 aromatic rings. The van der Waals surface area contributed by atoms with Crippen LogP contribution in [0, 0.1) is 30.3 Å². The number of nitro benzene ring substituents is 2. The Bertz CT molecular complexity index is 724. The topological polar surface area (TPSA) is 160 Å². The molecule has 12 heteroatoms. The first-order valence-electron chi connectivity index (χ1n) is 4.90. The Morgan fingerprint density at radius 3 is 2.20 bits per heavy atom. The third kappa shape index (κ3) is 2.24. The third-order valence-electron chi connectivity index (χ3n) is 2.25. The Balaban J connectivity index is 2.57. The van der Waals surface area contributed by atoms with Crippen LogP contribution in [0.25, 0.3) is 5.69 Å². The fourth-order valence-electron chi connectivity index (χ4n) is 1.40. The molecule has 0 spiro atoms. The third-order valence-corrected chi connectivity index (χ3v) is 2.25. The second-order valence-corrected chi connectivity index (χ2v) is 3.44. The summed E-state index contributed by atoms with van der Waals surface area (Å²) in [5.74, 6) is -0.599. The quantitative estimate of drug-likeness (QED) is 0.591. The van der Waals surface area contributed by atoms with Crippen LogP contribution in [0.4, 0.5) is 17.2 Å². The maximum absolute atomic E-state index is 10.9. The molecule has 0 unspecified atom stereocenters. The summed E-state index contributed by atoms with van der Waals surface area (Å²) in [6.45, 7) is 0. The van der Waals surface area contributed by atoms with Crippen molar-refractivity contribution in [3.8, 4) is 5.69 Å². The van der Waals surface area contributed by atoms with Gasteiger partial charge in [0, 0.05) is 6.07 Å². The molecule has 0 aliphatic heterocycles. The minimum absolute atomic E-state index is 0.214. The van der Waals surface area contributed by atoms with Gasteiger partial charge in [-0.15, -0.1) is 5.10 Å². The lowest BCUT2D eigenvalue weighted by molar-refractivity contribution is -0.394. The van der Waals surface area contributed by atoms with E-state index < -0.39 is 32.0 Å². The zero-order chi connectivity index (χ0) is 14.9. The summed E-state index contributed by atoms with van der Waals surface area (Å²) in [5.41, 5.74) is -1.33. The number of aromatic nitrogens is 3. The van der Waals surface area contributed by atoms with E-state index in [4.69, 9.17) is 0 Å². The summed E-state index contributed by atoms with van der Waals surface area (Å²) in [7, 11) is 0. The van der Waals surface area contributed by atoms with Gasteiger partial charge in [-0.3, -0.25) is 20.2 Å². The van der Waals surface area contributed by atoms with Crippen LogP contribution >= 0.6 is 0 Å². The van der Waals surface area contributed by atoms with Gasteiger partial charge in [0.2, 0.25) is 0 Å². The average Bonchev–Trinajstić information content (AvgIpc) is 2.87. The Morgan fingerprint density at radius 2 is 1.70 bits per heavy atom. The molecule has 0 saturated carbocycles. The summed E-state index contributed by atoms with van der Waals surface area (Å²) in [5, 5.41) is 38.9. The molecule has 20 heavy (non-hydrogen) atoms. The van der Waals surface area contributed by atoms with Crippen LogP contribution < -0.4 is 0 Å². The molecule has 1 aromatic heterocycles. The predicted molar refractivity (Wildman–Crippen MR) is 61.3 cm³/mol. The van der Waals surface area contributed by atoms with E-state index >= 15 is 0 Å². The van der Waals surface area contributed by atoms with E-state index in [9.17, 15) is 30.3 Å². The standard InChI is InChI=1S/C8H4N6O6/c15-12(16)5-1-2-6(7(3-5)13(17)18)11-9-4-8(10-11)14(19)20/h1-4H. The van der Waals surface area contributed by atoms with E-state index in [0.29, 0.717) is 4.80 Å². The number of hydrogen-bond acceptors (Lipinski definition) is 8. The number of nitro groups is 3. The van der Waals surface area contributed by atoms with Crippen LogP contribution in [-0.2, 0) is 0 Å². The molecule has 0 aliphatic carbocycles.